The second kappa shape index (κ2) is 6.29. The molecular formula is C17H24N4O3. The van der Waals surface area contributed by atoms with Gasteiger partial charge in [0.2, 0.25) is 5.95 Å². The van der Waals surface area contributed by atoms with E-state index in [-0.39, 0.29) is 5.92 Å². The van der Waals surface area contributed by atoms with E-state index in [2.05, 4.69) is 14.9 Å². The van der Waals surface area contributed by atoms with Crippen molar-refractivity contribution >= 4 is 11.9 Å². The Morgan fingerprint density at radius 1 is 1.33 bits per heavy atom. The average molecular weight is 332 g/mol. The fourth-order valence-electron chi connectivity index (χ4n) is 4.56. The quantitative estimate of drug-likeness (QED) is 0.880. The molecule has 1 aromatic rings. The van der Waals surface area contributed by atoms with Gasteiger partial charge in [-0.05, 0) is 31.9 Å². The molecule has 3 atom stereocenters. The largest absolute Gasteiger partial charge is 0.481 e. The van der Waals surface area contributed by atoms with Crippen LogP contribution in [0.1, 0.15) is 19.3 Å². The lowest BCUT2D eigenvalue weighted by atomic mass is 9.75. The van der Waals surface area contributed by atoms with Crippen LogP contribution in [-0.2, 0) is 9.53 Å². The SMILES string of the molecule is O=C(O)[C@]12CCCN(C3CCOC3)C[C@H]1CN(c1ncccn1)C2. The summed E-state index contributed by atoms with van der Waals surface area (Å²) in [7, 11) is 0. The molecule has 0 spiro atoms. The third kappa shape index (κ3) is 2.65. The van der Waals surface area contributed by atoms with Crippen molar-refractivity contribution in [3.05, 3.63) is 18.5 Å². The Balaban J connectivity index is 1.58. The van der Waals surface area contributed by atoms with Crippen LogP contribution in [-0.4, -0.2) is 71.4 Å². The van der Waals surface area contributed by atoms with E-state index >= 15 is 0 Å². The first-order valence-electron chi connectivity index (χ1n) is 8.76. The number of hydrogen-bond acceptors (Lipinski definition) is 6. The van der Waals surface area contributed by atoms with Gasteiger partial charge in [0.15, 0.2) is 0 Å². The van der Waals surface area contributed by atoms with Gasteiger partial charge in [-0.2, -0.15) is 0 Å². The van der Waals surface area contributed by atoms with Crippen molar-refractivity contribution in [1.82, 2.24) is 14.9 Å². The lowest BCUT2D eigenvalue weighted by Gasteiger charge is -2.31. The van der Waals surface area contributed by atoms with Gasteiger partial charge in [0.25, 0.3) is 0 Å². The van der Waals surface area contributed by atoms with E-state index < -0.39 is 11.4 Å². The van der Waals surface area contributed by atoms with Gasteiger partial charge in [0.05, 0.1) is 12.0 Å². The van der Waals surface area contributed by atoms with Crippen molar-refractivity contribution in [3.63, 3.8) is 0 Å². The molecule has 1 unspecified atom stereocenters. The monoisotopic (exact) mass is 332 g/mol. The molecule has 0 bridgehead atoms. The van der Waals surface area contributed by atoms with Crippen LogP contribution in [0.3, 0.4) is 0 Å². The molecule has 3 saturated heterocycles. The number of anilines is 1. The van der Waals surface area contributed by atoms with E-state index in [0.29, 0.717) is 25.1 Å². The summed E-state index contributed by atoms with van der Waals surface area (Å²) < 4.78 is 5.54. The van der Waals surface area contributed by atoms with E-state index in [1.54, 1.807) is 18.5 Å². The molecule has 3 aliphatic rings. The highest BCUT2D eigenvalue weighted by Crippen LogP contribution is 2.44. The lowest BCUT2D eigenvalue weighted by molar-refractivity contribution is -0.150. The zero-order valence-corrected chi connectivity index (χ0v) is 13.8. The number of carboxylic acids is 1. The Bertz CT molecular complexity index is 593. The van der Waals surface area contributed by atoms with Gasteiger partial charge in [-0.3, -0.25) is 9.69 Å². The molecule has 1 N–H and O–H groups in total. The van der Waals surface area contributed by atoms with E-state index in [9.17, 15) is 9.90 Å². The third-order valence-corrected chi connectivity index (χ3v) is 5.90. The molecule has 24 heavy (non-hydrogen) atoms. The minimum Gasteiger partial charge on any atom is -0.481 e. The van der Waals surface area contributed by atoms with Crippen LogP contribution in [0.25, 0.3) is 0 Å². The van der Waals surface area contributed by atoms with Crippen molar-refractivity contribution in [2.45, 2.75) is 25.3 Å². The Hall–Kier alpha value is -1.73. The highest BCUT2D eigenvalue weighted by molar-refractivity contribution is 5.77. The van der Waals surface area contributed by atoms with E-state index in [1.165, 1.54) is 0 Å². The topological polar surface area (TPSA) is 78.8 Å². The number of aliphatic carboxylic acids is 1. The predicted octanol–water partition coefficient (Wildman–Crippen LogP) is 0.868. The number of carboxylic acid groups (broad SMARTS) is 1. The van der Waals surface area contributed by atoms with Crippen molar-refractivity contribution in [2.24, 2.45) is 11.3 Å². The molecule has 4 heterocycles. The number of carbonyl (C=O) groups is 1. The first kappa shape index (κ1) is 15.8. The van der Waals surface area contributed by atoms with Crippen molar-refractivity contribution in [1.29, 1.82) is 0 Å². The first-order chi connectivity index (χ1) is 11.7. The number of aromatic nitrogens is 2. The van der Waals surface area contributed by atoms with Crippen molar-refractivity contribution in [3.8, 4) is 0 Å². The molecule has 4 rings (SSSR count). The van der Waals surface area contributed by atoms with Gasteiger partial charge in [0, 0.05) is 50.6 Å². The van der Waals surface area contributed by atoms with Crippen LogP contribution >= 0.6 is 0 Å². The van der Waals surface area contributed by atoms with Crippen LogP contribution in [0.4, 0.5) is 5.95 Å². The van der Waals surface area contributed by atoms with Gasteiger partial charge in [0.1, 0.15) is 0 Å². The maximum atomic E-state index is 12.2. The second-order valence-electron chi connectivity index (χ2n) is 7.20. The Labute approximate surface area is 141 Å². The fraction of sp³-hybridized carbons (Fsp3) is 0.706. The second-order valence-corrected chi connectivity index (χ2v) is 7.20. The minimum atomic E-state index is -0.687. The fourth-order valence-corrected chi connectivity index (χ4v) is 4.56. The predicted molar refractivity (Wildman–Crippen MR) is 87.8 cm³/mol. The molecule has 0 aromatic carbocycles. The van der Waals surface area contributed by atoms with Crippen molar-refractivity contribution in [2.75, 3.05) is 44.3 Å². The molecule has 3 aliphatic heterocycles. The maximum absolute atomic E-state index is 12.2. The summed E-state index contributed by atoms with van der Waals surface area (Å²) in [5.41, 5.74) is -0.687. The highest BCUT2D eigenvalue weighted by Gasteiger charge is 2.54. The molecule has 7 heteroatoms. The number of fused-ring (bicyclic) bond motifs is 1. The van der Waals surface area contributed by atoms with Gasteiger partial charge < -0.3 is 14.7 Å². The molecule has 0 amide bonds. The van der Waals surface area contributed by atoms with Crippen LogP contribution in [0.2, 0.25) is 0 Å². The Morgan fingerprint density at radius 3 is 2.88 bits per heavy atom. The summed E-state index contributed by atoms with van der Waals surface area (Å²) in [6, 6.07) is 2.23. The Morgan fingerprint density at radius 2 is 2.17 bits per heavy atom. The number of rotatable bonds is 3. The molecule has 0 aliphatic carbocycles. The normalized spacial score (nSPS) is 34.1. The number of ether oxygens (including phenoxy) is 1. The number of hydrogen-bond donors (Lipinski definition) is 1. The van der Waals surface area contributed by atoms with Crippen LogP contribution < -0.4 is 4.90 Å². The van der Waals surface area contributed by atoms with Gasteiger partial charge in [-0.15, -0.1) is 0 Å². The zero-order chi connectivity index (χ0) is 16.6. The third-order valence-electron chi connectivity index (χ3n) is 5.90. The van der Waals surface area contributed by atoms with Gasteiger partial charge in [-0.1, -0.05) is 0 Å². The summed E-state index contributed by atoms with van der Waals surface area (Å²) in [5.74, 6) is 0.0688. The average Bonchev–Trinajstić information content (AvgIpc) is 3.21. The van der Waals surface area contributed by atoms with Gasteiger partial charge >= 0.3 is 5.97 Å². The summed E-state index contributed by atoms with van der Waals surface area (Å²) in [4.78, 5) is 25.3. The minimum absolute atomic E-state index is 0.0990. The van der Waals surface area contributed by atoms with Crippen molar-refractivity contribution < 1.29 is 14.6 Å². The summed E-state index contributed by atoms with van der Waals surface area (Å²) in [6.45, 7) is 4.61. The smallest absolute Gasteiger partial charge is 0.311 e. The number of likely N-dealkylation sites (tertiary alicyclic amines) is 1. The summed E-state index contributed by atoms with van der Waals surface area (Å²) in [6.07, 6.45) is 6.12. The molecule has 0 radical (unpaired) electrons. The lowest BCUT2D eigenvalue weighted by Crippen LogP contribution is -2.44. The molecule has 130 valence electrons. The summed E-state index contributed by atoms with van der Waals surface area (Å²) in [5, 5.41) is 10.0. The van der Waals surface area contributed by atoms with Crippen LogP contribution in [0, 0.1) is 11.3 Å². The maximum Gasteiger partial charge on any atom is 0.311 e. The Kier molecular flexibility index (Phi) is 4.14. The van der Waals surface area contributed by atoms with E-state index in [4.69, 9.17) is 4.74 Å². The number of nitrogens with zero attached hydrogens (tertiary/aromatic N) is 4. The molecule has 1 aromatic heterocycles. The molecular weight excluding hydrogens is 308 g/mol. The van der Waals surface area contributed by atoms with E-state index in [0.717, 1.165) is 45.6 Å². The molecule has 0 saturated carbocycles. The molecule has 3 fully saturated rings. The summed E-state index contributed by atoms with van der Waals surface area (Å²) >= 11 is 0. The van der Waals surface area contributed by atoms with E-state index in [1.807, 2.05) is 4.90 Å². The highest BCUT2D eigenvalue weighted by atomic mass is 16.5. The van der Waals surface area contributed by atoms with Crippen LogP contribution in [0.5, 0.6) is 0 Å². The first-order valence-corrected chi connectivity index (χ1v) is 8.76. The zero-order valence-electron chi connectivity index (χ0n) is 13.8. The van der Waals surface area contributed by atoms with Gasteiger partial charge in [-0.25, -0.2) is 9.97 Å². The van der Waals surface area contributed by atoms with Crippen LogP contribution in [0.15, 0.2) is 18.5 Å². The standard InChI is InChI=1S/C17H24N4O3/c22-15(23)17-4-1-7-20(14-3-8-24-11-14)9-13(17)10-21(12-17)16-18-5-2-6-19-16/h2,5-6,13-14H,1,3-4,7-12H2,(H,22,23)/t13-,14?,17-/m0/s1. The molecule has 7 nitrogen and oxygen atoms in total.